The van der Waals surface area contributed by atoms with Crippen LogP contribution in [0.15, 0.2) is 4.52 Å². The van der Waals surface area contributed by atoms with Gasteiger partial charge in [0.05, 0.1) is 12.2 Å². The van der Waals surface area contributed by atoms with Gasteiger partial charge in [-0.05, 0) is 13.5 Å². The van der Waals surface area contributed by atoms with Crippen LogP contribution < -0.4 is 0 Å². The van der Waals surface area contributed by atoms with Crippen molar-refractivity contribution < 1.29 is 4.52 Å². The van der Waals surface area contributed by atoms with Crippen molar-refractivity contribution in [3.8, 4) is 0 Å². The van der Waals surface area contributed by atoms with Crippen LogP contribution in [0, 0.1) is 0 Å². The number of imidazole rings is 1. The number of nitrogens with one attached hydrogen (secondary N) is 1. The molecule has 0 atom stereocenters. The topological polar surface area (TPSA) is 70.8 Å². The number of hydrogen-bond donors (Lipinski definition) is 1. The monoisotopic (exact) mass is 325 g/mol. The second kappa shape index (κ2) is 7.74. The van der Waals surface area contributed by atoms with Gasteiger partial charge >= 0.3 is 0 Å². The van der Waals surface area contributed by atoms with Gasteiger partial charge in [0, 0.05) is 18.9 Å². The molecular formula is C15H24ClN5O. The molecule has 7 heteroatoms. The summed E-state index contributed by atoms with van der Waals surface area (Å²) in [6.45, 7) is 7.50. The first-order valence-electron chi connectivity index (χ1n) is 7.73. The lowest BCUT2D eigenvalue weighted by Gasteiger charge is -2.13. The first-order chi connectivity index (χ1) is 10.5. The van der Waals surface area contributed by atoms with E-state index in [9.17, 15) is 0 Å². The molecule has 0 aliphatic heterocycles. The molecule has 2 aromatic rings. The Morgan fingerprint density at radius 3 is 2.68 bits per heavy atom. The molecule has 0 aromatic carbocycles. The van der Waals surface area contributed by atoms with Gasteiger partial charge in [0.2, 0.25) is 5.89 Å². The van der Waals surface area contributed by atoms with Gasteiger partial charge in [0.1, 0.15) is 5.82 Å². The number of aromatic nitrogens is 4. The van der Waals surface area contributed by atoms with Crippen molar-refractivity contribution in [2.45, 2.75) is 59.0 Å². The van der Waals surface area contributed by atoms with Crippen molar-refractivity contribution in [3.63, 3.8) is 0 Å². The third-order valence-electron chi connectivity index (χ3n) is 3.36. The highest BCUT2D eigenvalue weighted by molar-refractivity contribution is 6.30. The van der Waals surface area contributed by atoms with E-state index in [1.165, 1.54) is 0 Å². The summed E-state index contributed by atoms with van der Waals surface area (Å²) in [5, 5.41) is 4.55. The molecule has 1 N–H and O–H groups in total. The lowest BCUT2D eigenvalue weighted by Crippen LogP contribution is -2.18. The van der Waals surface area contributed by atoms with Gasteiger partial charge < -0.3 is 9.51 Å². The van der Waals surface area contributed by atoms with E-state index in [2.05, 4.69) is 31.9 Å². The van der Waals surface area contributed by atoms with Gasteiger partial charge in [-0.15, -0.1) is 0 Å². The summed E-state index contributed by atoms with van der Waals surface area (Å²) in [4.78, 5) is 14.1. The fourth-order valence-corrected chi connectivity index (χ4v) is 2.35. The second-order valence-electron chi connectivity index (χ2n) is 5.93. The summed E-state index contributed by atoms with van der Waals surface area (Å²) in [5.41, 5.74) is 0.933. The molecule has 0 spiro atoms. The van der Waals surface area contributed by atoms with E-state index in [1.807, 2.05) is 20.9 Å². The summed E-state index contributed by atoms with van der Waals surface area (Å²) in [6.07, 6.45) is 3.19. The molecule has 0 unspecified atom stereocenters. The largest absolute Gasteiger partial charge is 0.344 e. The molecule has 0 saturated heterocycles. The summed E-state index contributed by atoms with van der Waals surface area (Å²) in [6, 6.07) is 0. The average Bonchev–Trinajstić information content (AvgIpc) is 3.04. The van der Waals surface area contributed by atoms with Gasteiger partial charge in [-0.2, -0.15) is 4.98 Å². The number of nitrogens with zero attached hydrogens (tertiary/aromatic N) is 4. The van der Waals surface area contributed by atoms with E-state index in [4.69, 9.17) is 16.1 Å². The van der Waals surface area contributed by atoms with Crippen molar-refractivity contribution >= 4 is 11.6 Å². The van der Waals surface area contributed by atoms with E-state index in [1.54, 1.807) is 0 Å². The molecule has 0 saturated carbocycles. The lowest BCUT2D eigenvalue weighted by molar-refractivity contribution is 0.296. The molecule has 0 amide bonds. The summed E-state index contributed by atoms with van der Waals surface area (Å²) in [5.74, 6) is 2.56. The second-order valence-corrected chi connectivity index (χ2v) is 6.29. The van der Waals surface area contributed by atoms with Crippen LogP contribution in [0.4, 0.5) is 0 Å². The van der Waals surface area contributed by atoms with Crippen LogP contribution >= 0.6 is 11.6 Å². The zero-order chi connectivity index (χ0) is 16.1. The Balaban J connectivity index is 1.93. The van der Waals surface area contributed by atoms with Crippen molar-refractivity contribution in [1.29, 1.82) is 0 Å². The molecule has 0 aliphatic carbocycles. The summed E-state index contributed by atoms with van der Waals surface area (Å²) in [7, 11) is 1.99. The van der Waals surface area contributed by atoms with Gasteiger partial charge in [-0.3, -0.25) is 4.90 Å². The number of hydrogen-bond acceptors (Lipinski definition) is 5. The van der Waals surface area contributed by atoms with E-state index >= 15 is 0 Å². The minimum Gasteiger partial charge on any atom is -0.344 e. The number of rotatable bonds is 8. The molecule has 2 rings (SSSR count). The smallest absolute Gasteiger partial charge is 0.229 e. The Morgan fingerprint density at radius 2 is 2.05 bits per heavy atom. The maximum absolute atomic E-state index is 6.20. The molecule has 0 bridgehead atoms. The molecule has 0 fully saturated rings. The minimum absolute atomic E-state index is 0.245. The SMILES string of the molecule is CCCCc1nc(Cl)c(CN(C)Cc2noc(C(C)C)n2)[nH]1. The highest BCUT2D eigenvalue weighted by Gasteiger charge is 2.14. The number of aromatic amines is 1. The lowest BCUT2D eigenvalue weighted by atomic mass is 10.2. The molecule has 0 radical (unpaired) electrons. The van der Waals surface area contributed by atoms with Crippen LogP contribution in [-0.2, 0) is 19.5 Å². The average molecular weight is 326 g/mol. The number of halogens is 1. The summed E-state index contributed by atoms with van der Waals surface area (Å²) >= 11 is 6.20. The van der Waals surface area contributed by atoms with Crippen LogP contribution in [-0.4, -0.2) is 32.1 Å². The molecular weight excluding hydrogens is 302 g/mol. The van der Waals surface area contributed by atoms with Crippen LogP contribution in [0.1, 0.15) is 62.8 Å². The summed E-state index contributed by atoms with van der Waals surface area (Å²) < 4.78 is 5.22. The third-order valence-corrected chi connectivity index (χ3v) is 3.67. The number of unbranched alkanes of at least 4 members (excludes halogenated alkanes) is 1. The zero-order valence-corrected chi connectivity index (χ0v) is 14.4. The first kappa shape index (κ1) is 17.0. The van der Waals surface area contributed by atoms with Crippen LogP contribution in [0.25, 0.3) is 0 Å². The van der Waals surface area contributed by atoms with Crippen molar-refractivity contribution in [3.05, 3.63) is 28.4 Å². The Bertz CT molecular complexity index is 593. The van der Waals surface area contributed by atoms with Crippen LogP contribution in [0.3, 0.4) is 0 Å². The molecule has 2 heterocycles. The Labute approximate surface area is 136 Å². The highest BCUT2D eigenvalue weighted by atomic mass is 35.5. The van der Waals surface area contributed by atoms with Gasteiger partial charge in [0.15, 0.2) is 11.0 Å². The molecule has 22 heavy (non-hydrogen) atoms. The van der Waals surface area contributed by atoms with Crippen LogP contribution in [0.2, 0.25) is 5.15 Å². The van der Waals surface area contributed by atoms with Gasteiger partial charge in [-0.25, -0.2) is 4.98 Å². The number of H-pyrrole nitrogens is 1. The minimum atomic E-state index is 0.245. The first-order valence-corrected chi connectivity index (χ1v) is 8.11. The quantitative estimate of drug-likeness (QED) is 0.803. The Hall–Kier alpha value is -1.40. The fraction of sp³-hybridized carbons (Fsp3) is 0.667. The number of aryl methyl sites for hydroxylation is 1. The maximum atomic E-state index is 6.20. The zero-order valence-electron chi connectivity index (χ0n) is 13.7. The molecule has 6 nitrogen and oxygen atoms in total. The Kier molecular flexibility index (Phi) is 5.97. The molecule has 2 aromatic heterocycles. The maximum Gasteiger partial charge on any atom is 0.229 e. The third kappa shape index (κ3) is 4.55. The highest BCUT2D eigenvalue weighted by Crippen LogP contribution is 2.17. The van der Waals surface area contributed by atoms with Crippen molar-refractivity contribution in [1.82, 2.24) is 25.0 Å². The van der Waals surface area contributed by atoms with Crippen molar-refractivity contribution in [2.75, 3.05) is 7.05 Å². The Morgan fingerprint density at radius 1 is 1.27 bits per heavy atom. The molecule has 0 aliphatic rings. The predicted octanol–water partition coefficient (Wildman–Crippen LogP) is 3.54. The predicted molar refractivity (Wildman–Crippen MR) is 85.8 cm³/mol. The normalized spacial score (nSPS) is 11.8. The van der Waals surface area contributed by atoms with Crippen molar-refractivity contribution in [2.24, 2.45) is 0 Å². The van der Waals surface area contributed by atoms with E-state index < -0.39 is 0 Å². The van der Waals surface area contributed by atoms with E-state index in [0.29, 0.717) is 30.0 Å². The van der Waals surface area contributed by atoms with E-state index in [-0.39, 0.29) is 5.92 Å². The fourth-order valence-electron chi connectivity index (χ4n) is 2.14. The van der Waals surface area contributed by atoms with E-state index in [0.717, 1.165) is 30.8 Å². The van der Waals surface area contributed by atoms with Gasteiger partial charge in [-0.1, -0.05) is 43.9 Å². The molecule has 122 valence electrons. The van der Waals surface area contributed by atoms with Gasteiger partial charge in [0.25, 0.3) is 0 Å². The standard InChI is InChI=1S/C15H24ClN5O/c1-5-6-7-12-17-11(14(16)18-12)8-21(4)9-13-19-15(10(2)3)22-20-13/h10H,5-9H2,1-4H3,(H,17,18). The van der Waals surface area contributed by atoms with Crippen LogP contribution in [0.5, 0.6) is 0 Å².